The van der Waals surface area contributed by atoms with Gasteiger partial charge in [-0.3, -0.25) is 4.79 Å². The summed E-state index contributed by atoms with van der Waals surface area (Å²) in [7, 11) is 0. The molecule has 1 atom stereocenters. The van der Waals surface area contributed by atoms with Crippen molar-refractivity contribution >= 4 is 5.97 Å². The minimum Gasteiger partial charge on any atom is -0.460 e. The quantitative estimate of drug-likeness (QED) is 0.736. The Morgan fingerprint density at radius 2 is 1.68 bits per heavy atom. The van der Waals surface area contributed by atoms with Crippen molar-refractivity contribution in [2.45, 2.75) is 59.5 Å². The van der Waals surface area contributed by atoms with Crippen molar-refractivity contribution in [2.24, 2.45) is 5.41 Å². The van der Waals surface area contributed by atoms with Gasteiger partial charge in [-0.15, -0.1) is 0 Å². The lowest BCUT2D eigenvalue weighted by atomic mass is 9.79. The third kappa shape index (κ3) is 5.06. The van der Waals surface area contributed by atoms with Gasteiger partial charge in [-0.25, -0.2) is 0 Å². The average molecular weight is 262 g/mol. The molecule has 2 nitrogen and oxygen atoms in total. The van der Waals surface area contributed by atoms with Crippen molar-refractivity contribution < 1.29 is 9.53 Å². The Hall–Kier alpha value is -1.31. The lowest BCUT2D eigenvalue weighted by molar-refractivity contribution is -0.167. The van der Waals surface area contributed by atoms with Crippen LogP contribution in [0.3, 0.4) is 0 Å². The Balaban J connectivity index is 2.87. The van der Waals surface area contributed by atoms with Gasteiger partial charge < -0.3 is 4.74 Å². The molecule has 0 aliphatic heterocycles. The molecule has 1 rings (SSSR count). The first-order valence-corrected chi connectivity index (χ1v) is 7.04. The first-order chi connectivity index (χ1) is 8.77. The second-order valence-electron chi connectivity index (χ2n) is 6.47. The van der Waals surface area contributed by atoms with E-state index in [1.807, 2.05) is 45.9 Å². The molecule has 1 unspecified atom stereocenters. The van der Waals surface area contributed by atoms with Crippen LogP contribution < -0.4 is 0 Å². The molecule has 0 aliphatic carbocycles. The summed E-state index contributed by atoms with van der Waals surface area (Å²) in [4.78, 5) is 12.5. The largest absolute Gasteiger partial charge is 0.460 e. The van der Waals surface area contributed by atoms with Crippen molar-refractivity contribution in [1.29, 1.82) is 0 Å². The Kier molecular flexibility index (Phi) is 5.16. The Labute approximate surface area is 117 Å². The summed E-state index contributed by atoms with van der Waals surface area (Å²) in [5.74, 6) is -0.0919. The summed E-state index contributed by atoms with van der Waals surface area (Å²) in [5, 5.41) is 0. The van der Waals surface area contributed by atoms with Crippen molar-refractivity contribution in [2.75, 3.05) is 0 Å². The topological polar surface area (TPSA) is 26.3 Å². The maximum Gasteiger partial charge on any atom is 0.312 e. The maximum absolute atomic E-state index is 12.5. The van der Waals surface area contributed by atoms with Crippen LogP contribution in [0.1, 0.15) is 53.0 Å². The third-order valence-corrected chi connectivity index (χ3v) is 3.13. The predicted molar refractivity (Wildman–Crippen MR) is 79.0 cm³/mol. The van der Waals surface area contributed by atoms with Crippen LogP contribution in [0, 0.1) is 5.41 Å². The van der Waals surface area contributed by atoms with Crippen LogP contribution in [0.4, 0.5) is 0 Å². The van der Waals surface area contributed by atoms with E-state index in [2.05, 4.69) is 19.1 Å². The highest BCUT2D eigenvalue weighted by Gasteiger charge is 2.36. The molecule has 1 aromatic carbocycles. The molecular formula is C17H26O2. The first kappa shape index (κ1) is 15.7. The van der Waals surface area contributed by atoms with Gasteiger partial charge >= 0.3 is 5.97 Å². The van der Waals surface area contributed by atoms with E-state index < -0.39 is 11.0 Å². The highest BCUT2D eigenvalue weighted by atomic mass is 16.6. The fourth-order valence-corrected chi connectivity index (χ4v) is 2.26. The van der Waals surface area contributed by atoms with Gasteiger partial charge in [0, 0.05) is 0 Å². The number of esters is 1. The molecule has 0 bridgehead atoms. The van der Waals surface area contributed by atoms with Gasteiger partial charge in [-0.1, -0.05) is 43.7 Å². The van der Waals surface area contributed by atoms with Gasteiger partial charge in [0.05, 0.1) is 5.41 Å². The monoisotopic (exact) mass is 262 g/mol. The summed E-state index contributed by atoms with van der Waals surface area (Å²) < 4.78 is 5.59. The van der Waals surface area contributed by atoms with Crippen LogP contribution >= 0.6 is 0 Å². The van der Waals surface area contributed by atoms with Gasteiger partial charge in [0.1, 0.15) is 5.60 Å². The maximum atomic E-state index is 12.5. The molecule has 0 fully saturated rings. The zero-order valence-corrected chi connectivity index (χ0v) is 12.8. The van der Waals surface area contributed by atoms with Crippen LogP contribution in [0.5, 0.6) is 0 Å². The van der Waals surface area contributed by atoms with E-state index in [-0.39, 0.29) is 5.97 Å². The smallest absolute Gasteiger partial charge is 0.312 e. The van der Waals surface area contributed by atoms with Crippen molar-refractivity contribution in [3.8, 4) is 0 Å². The number of ether oxygens (including phenoxy) is 1. The number of carbonyl (C=O) groups is 1. The molecular weight excluding hydrogens is 236 g/mol. The van der Waals surface area contributed by atoms with Crippen molar-refractivity contribution in [3.63, 3.8) is 0 Å². The van der Waals surface area contributed by atoms with Crippen LogP contribution in [-0.4, -0.2) is 11.6 Å². The van der Waals surface area contributed by atoms with Crippen LogP contribution in [0.25, 0.3) is 0 Å². The zero-order chi connectivity index (χ0) is 14.5. The summed E-state index contributed by atoms with van der Waals surface area (Å²) >= 11 is 0. The minimum atomic E-state index is -0.441. The van der Waals surface area contributed by atoms with Crippen LogP contribution in [0.2, 0.25) is 0 Å². The lowest BCUT2D eigenvalue weighted by Crippen LogP contribution is -2.37. The Bertz CT molecular complexity index is 403. The van der Waals surface area contributed by atoms with E-state index in [4.69, 9.17) is 4.74 Å². The van der Waals surface area contributed by atoms with Gasteiger partial charge in [0.15, 0.2) is 0 Å². The second-order valence-corrected chi connectivity index (χ2v) is 6.47. The molecule has 19 heavy (non-hydrogen) atoms. The van der Waals surface area contributed by atoms with Gasteiger partial charge in [-0.05, 0) is 46.1 Å². The summed E-state index contributed by atoms with van der Waals surface area (Å²) in [5.41, 5.74) is 0.316. The second kappa shape index (κ2) is 6.23. The normalized spacial score (nSPS) is 14.8. The molecule has 0 amide bonds. The summed E-state index contributed by atoms with van der Waals surface area (Å²) in [6.45, 7) is 9.87. The fourth-order valence-electron chi connectivity index (χ4n) is 2.26. The highest BCUT2D eigenvalue weighted by Crippen LogP contribution is 2.31. The van der Waals surface area contributed by atoms with E-state index in [1.165, 1.54) is 5.56 Å². The number of hydrogen-bond donors (Lipinski definition) is 0. The number of rotatable bonds is 5. The number of carbonyl (C=O) groups excluding carboxylic acids is 1. The van der Waals surface area contributed by atoms with Gasteiger partial charge in [-0.2, -0.15) is 0 Å². The SMILES string of the molecule is CCCC(C)(Cc1ccccc1)C(=O)OC(C)(C)C. The lowest BCUT2D eigenvalue weighted by Gasteiger charge is -2.31. The van der Waals surface area contributed by atoms with Crippen LogP contribution in [-0.2, 0) is 16.0 Å². The first-order valence-electron chi connectivity index (χ1n) is 7.04. The molecule has 0 spiro atoms. The van der Waals surface area contributed by atoms with E-state index >= 15 is 0 Å². The van der Waals surface area contributed by atoms with Crippen molar-refractivity contribution in [1.82, 2.24) is 0 Å². The molecule has 0 saturated heterocycles. The molecule has 2 heteroatoms. The minimum absolute atomic E-state index is 0.0919. The van der Waals surface area contributed by atoms with E-state index in [1.54, 1.807) is 0 Å². The summed E-state index contributed by atoms with van der Waals surface area (Å²) in [6, 6.07) is 10.2. The fraction of sp³-hybridized carbons (Fsp3) is 0.588. The molecule has 0 N–H and O–H groups in total. The van der Waals surface area contributed by atoms with Gasteiger partial charge in [0.2, 0.25) is 0 Å². The molecule has 0 aliphatic rings. The number of benzene rings is 1. The van der Waals surface area contributed by atoms with E-state index in [0.717, 1.165) is 19.3 Å². The molecule has 0 radical (unpaired) electrons. The average Bonchev–Trinajstić information content (AvgIpc) is 2.28. The molecule has 106 valence electrons. The molecule has 0 aromatic heterocycles. The number of hydrogen-bond acceptors (Lipinski definition) is 2. The zero-order valence-electron chi connectivity index (χ0n) is 12.8. The molecule has 0 heterocycles. The van der Waals surface area contributed by atoms with Crippen LogP contribution in [0.15, 0.2) is 30.3 Å². The highest BCUT2D eigenvalue weighted by molar-refractivity contribution is 5.77. The predicted octanol–water partition coefficient (Wildman–Crippen LogP) is 4.38. The van der Waals surface area contributed by atoms with Gasteiger partial charge in [0.25, 0.3) is 0 Å². The Morgan fingerprint density at radius 1 is 1.11 bits per heavy atom. The van der Waals surface area contributed by atoms with E-state index in [0.29, 0.717) is 0 Å². The van der Waals surface area contributed by atoms with Crippen molar-refractivity contribution in [3.05, 3.63) is 35.9 Å². The van der Waals surface area contributed by atoms with E-state index in [9.17, 15) is 4.79 Å². The third-order valence-electron chi connectivity index (χ3n) is 3.13. The molecule has 1 aromatic rings. The standard InChI is InChI=1S/C17H26O2/c1-6-12-17(5,15(18)19-16(2,3)4)13-14-10-8-7-9-11-14/h7-11H,6,12-13H2,1-5H3. The molecule has 0 saturated carbocycles. The summed E-state index contributed by atoms with van der Waals surface area (Å²) in [6.07, 6.45) is 2.55. The Morgan fingerprint density at radius 3 is 2.16 bits per heavy atom.